The fourth-order valence-electron chi connectivity index (χ4n) is 0.373. The van der Waals surface area contributed by atoms with Gasteiger partial charge in [0.15, 0.2) is 11.4 Å². The van der Waals surface area contributed by atoms with Crippen LogP contribution in [0.1, 0.15) is 6.92 Å². The van der Waals surface area contributed by atoms with E-state index >= 15 is 0 Å². The van der Waals surface area contributed by atoms with Crippen molar-refractivity contribution in [3.63, 3.8) is 0 Å². The van der Waals surface area contributed by atoms with Crippen molar-refractivity contribution >= 4 is 6.34 Å². The van der Waals surface area contributed by atoms with E-state index in [1.54, 1.807) is 6.92 Å². The molecule has 0 N–H and O–H groups in total. The van der Waals surface area contributed by atoms with Crippen LogP contribution in [-0.4, -0.2) is 30.0 Å². The Morgan fingerprint density at radius 3 is 2.56 bits per heavy atom. The van der Waals surface area contributed by atoms with E-state index in [0.29, 0.717) is 6.54 Å². The summed E-state index contributed by atoms with van der Waals surface area (Å²) < 4.78 is 0. The van der Waals surface area contributed by atoms with Crippen LogP contribution in [-0.2, 0) is 0 Å². The maximum absolute atomic E-state index is 9.96. The summed E-state index contributed by atoms with van der Waals surface area (Å²) in [7, 11) is 1.49. The minimum absolute atomic E-state index is 0.338. The van der Waals surface area contributed by atoms with E-state index in [9.17, 15) is 10.1 Å². The monoisotopic (exact) mass is 131 g/mol. The highest BCUT2D eigenvalue weighted by Gasteiger charge is 2.04. The first kappa shape index (κ1) is 7.87. The van der Waals surface area contributed by atoms with Gasteiger partial charge in [0, 0.05) is 7.05 Å². The van der Waals surface area contributed by atoms with Gasteiger partial charge in [0.1, 0.15) is 0 Å². The molecule has 0 radical (unpaired) electrons. The van der Waals surface area contributed by atoms with Gasteiger partial charge in [-0.25, -0.2) is 10.1 Å². The van der Waals surface area contributed by atoms with Crippen molar-refractivity contribution in [3.05, 3.63) is 10.1 Å². The number of nitro groups is 1. The number of hydrogen-bond acceptors (Lipinski definition) is 3. The lowest BCUT2D eigenvalue weighted by Crippen LogP contribution is -2.27. The van der Waals surface area contributed by atoms with Gasteiger partial charge in [-0.05, 0) is 6.92 Å². The number of hydrazine groups is 1. The largest absolute Gasteiger partial charge is 0.274 e. The highest BCUT2D eigenvalue weighted by atomic mass is 16.7. The number of hydrogen-bond donors (Lipinski definition) is 0. The lowest BCUT2D eigenvalue weighted by molar-refractivity contribution is -0.626. The van der Waals surface area contributed by atoms with E-state index in [1.165, 1.54) is 13.4 Å². The van der Waals surface area contributed by atoms with Crippen LogP contribution in [0.5, 0.6) is 0 Å². The van der Waals surface area contributed by atoms with Gasteiger partial charge in [0.05, 0.1) is 6.54 Å². The maximum Gasteiger partial charge on any atom is 0.166 e. The summed E-state index contributed by atoms with van der Waals surface area (Å²) in [5.41, 5.74) is 0. The molecule has 0 unspecified atom stereocenters. The summed E-state index contributed by atoms with van der Waals surface area (Å²) >= 11 is 0. The molecule has 0 heterocycles. The Morgan fingerprint density at radius 1 is 1.89 bits per heavy atom. The Bertz CT molecular complexity index is 123. The summed E-state index contributed by atoms with van der Waals surface area (Å²) in [5.74, 6) is 0. The number of nitrogens with zero attached hydrogens (tertiary/aromatic N) is 3. The third-order valence-electron chi connectivity index (χ3n) is 0.783. The Morgan fingerprint density at radius 2 is 2.44 bits per heavy atom. The van der Waals surface area contributed by atoms with Crippen LogP contribution in [0.4, 0.5) is 0 Å². The van der Waals surface area contributed by atoms with Gasteiger partial charge < -0.3 is 0 Å². The van der Waals surface area contributed by atoms with Crippen LogP contribution in [0, 0.1) is 10.1 Å². The van der Waals surface area contributed by atoms with E-state index in [1.807, 2.05) is 0 Å². The second kappa shape index (κ2) is 3.82. The average Bonchev–Trinajstić information content (AvgIpc) is 1.82. The van der Waals surface area contributed by atoms with Crippen LogP contribution in [0.2, 0.25) is 0 Å². The summed E-state index contributed by atoms with van der Waals surface area (Å²) in [6, 6.07) is 0. The predicted molar refractivity (Wildman–Crippen MR) is 33.8 cm³/mol. The number of rotatable bonds is 3. The molecule has 0 spiro atoms. The molecule has 0 rings (SSSR count). The third kappa shape index (κ3) is 2.63. The Kier molecular flexibility index (Phi) is 3.34. The molecule has 0 atom stereocenters. The van der Waals surface area contributed by atoms with Crippen molar-refractivity contribution in [3.8, 4) is 0 Å². The SMILES string of the molecule is CCN(C=NC)[N+](=O)[O-]. The standard InChI is InChI=1S/C4H9N3O2/c1-3-6(4-5-2)7(8)9/h4H,3H2,1-2H3. The highest BCUT2D eigenvalue weighted by molar-refractivity contribution is 5.52. The van der Waals surface area contributed by atoms with E-state index in [2.05, 4.69) is 4.99 Å². The summed E-state index contributed by atoms with van der Waals surface area (Å²) in [6.07, 6.45) is 1.18. The van der Waals surface area contributed by atoms with Gasteiger partial charge in [0.2, 0.25) is 0 Å². The lowest BCUT2D eigenvalue weighted by atomic mass is 10.7. The van der Waals surface area contributed by atoms with Crippen molar-refractivity contribution in [2.45, 2.75) is 6.92 Å². The second-order valence-electron chi connectivity index (χ2n) is 1.37. The van der Waals surface area contributed by atoms with Crippen molar-refractivity contribution in [2.24, 2.45) is 4.99 Å². The normalized spacial score (nSPS) is 10.0. The fraction of sp³-hybridized carbons (Fsp3) is 0.750. The summed E-state index contributed by atoms with van der Waals surface area (Å²) in [4.78, 5) is 13.4. The van der Waals surface area contributed by atoms with Gasteiger partial charge in [-0.1, -0.05) is 5.01 Å². The smallest absolute Gasteiger partial charge is 0.166 e. The lowest BCUT2D eigenvalue weighted by Gasteiger charge is -2.02. The third-order valence-corrected chi connectivity index (χ3v) is 0.783. The van der Waals surface area contributed by atoms with Crippen LogP contribution < -0.4 is 0 Å². The molecule has 9 heavy (non-hydrogen) atoms. The quantitative estimate of drug-likeness (QED) is 0.237. The fourth-order valence-corrected chi connectivity index (χ4v) is 0.373. The molecule has 0 fully saturated rings. The molecule has 0 aliphatic rings. The van der Waals surface area contributed by atoms with Gasteiger partial charge >= 0.3 is 0 Å². The van der Waals surface area contributed by atoms with E-state index in [0.717, 1.165) is 5.01 Å². The molecule has 0 aliphatic heterocycles. The van der Waals surface area contributed by atoms with Crippen LogP contribution in [0.3, 0.4) is 0 Å². The molecule has 0 aromatic rings. The first-order valence-corrected chi connectivity index (χ1v) is 2.55. The van der Waals surface area contributed by atoms with Crippen LogP contribution >= 0.6 is 0 Å². The van der Waals surface area contributed by atoms with Crippen molar-refractivity contribution in [2.75, 3.05) is 13.6 Å². The van der Waals surface area contributed by atoms with Crippen molar-refractivity contribution in [1.29, 1.82) is 0 Å². The van der Waals surface area contributed by atoms with Gasteiger partial charge in [-0.2, -0.15) is 0 Å². The van der Waals surface area contributed by atoms with E-state index in [4.69, 9.17) is 0 Å². The summed E-state index contributed by atoms with van der Waals surface area (Å²) in [5, 5.41) is 10.4. The molecule has 52 valence electrons. The molecule has 0 aromatic heterocycles. The molecule has 0 saturated carbocycles. The molecule has 0 aromatic carbocycles. The molecular formula is C4H9N3O2. The van der Waals surface area contributed by atoms with E-state index < -0.39 is 5.03 Å². The van der Waals surface area contributed by atoms with Crippen LogP contribution in [0.15, 0.2) is 4.99 Å². The van der Waals surface area contributed by atoms with Gasteiger partial charge in [-0.3, -0.25) is 4.99 Å². The minimum atomic E-state index is -0.507. The molecular weight excluding hydrogens is 122 g/mol. The Hall–Kier alpha value is -1.13. The molecule has 0 amide bonds. The molecule has 0 aliphatic carbocycles. The number of aliphatic imine (C=N–C) groups is 1. The maximum atomic E-state index is 9.96. The molecule has 0 saturated heterocycles. The first-order valence-electron chi connectivity index (χ1n) is 2.55. The zero-order valence-electron chi connectivity index (χ0n) is 5.44. The summed E-state index contributed by atoms with van der Waals surface area (Å²) in [6.45, 7) is 2.02. The molecule has 0 bridgehead atoms. The van der Waals surface area contributed by atoms with Gasteiger partial charge in [-0.15, -0.1) is 0 Å². The topological polar surface area (TPSA) is 58.7 Å². The van der Waals surface area contributed by atoms with E-state index in [-0.39, 0.29) is 0 Å². The average molecular weight is 131 g/mol. The zero-order chi connectivity index (χ0) is 7.28. The second-order valence-corrected chi connectivity index (χ2v) is 1.37. The van der Waals surface area contributed by atoms with Crippen molar-refractivity contribution < 1.29 is 5.03 Å². The first-order chi connectivity index (χ1) is 4.22. The Balaban J connectivity index is 3.83. The minimum Gasteiger partial charge on any atom is -0.274 e. The molecule has 5 heteroatoms. The predicted octanol–water partition coefficient (Wildman–Crippen LogP) is 0.158. The Labute approximate surface area is 53.1 Å². The van der Waals surface area contributed by atoms with Gasteiger partial charge in [0.25, 0.3) is 0 Å². The van der Waals surface area contributed by atoms with Crippen LogP contribution in [0.25, 0.3) is 0 Å². The highest BCUT2D eigenvalue weighted by Crippen LogP contribution is 1.80. The molecule has 5 nitrogen and oxygen atoms in total. The van der Waals surface area contributed by atoms with Crippen molar-refractivity contribution in [1.82, 2.24) is 5.01 Å². The zero-order valence-corrected chi connectivity index (χ0v) is 5.44.